The Morgan fingerprint density at radius 2 is 1.79 bits per heavy atom. The van der Waals surface area contributed by atoms with Gasteiger partial charge in [0, 0.05) is 18.1 Å². The highest BCUT2D eigenvalue weighted by atomic mass is 16.5. The zero-order valence-corrected chi connectivity index (χ0v) is 10.2. The number of rotatable bonds is 2. The van der Waals surface area contributed by atoms with Gasteiger partial charge in [0.25, 0.3) is 5.89 Å². The van der Waals surface area contributed by atoms with Crippen molar-refractivity contribution in [1.82, 2.24) is 20.1 Å². The predicted octanol–water partition coefficient (Wildman–Crippen LogP) is 2.08. The van der Waals surface area contributed by atoms with E-state index in [1.54, 1.807) is 18.5 Å². The van der Waals surface area contributed by atoms with Crippen LogP contribution in [-0.2, 0) is 0 Å². The first-order valence-corrected chi connectivity index (χ1v) is 5.71. The molecular weight excluding hydrogens is 242 g/mol. The predicted molar refractivity (Wildman–Crippen MR) is 69.9 cm³/mol. The summed E-state index contributed by atoms with van der Waals surface area (Å²) in [5.41, 5.74) is 8.12. The van der Waals surface area contributed by atoms with Crippen LogP contribution < -0.4 is 5.73 Å². The Kier molecular flexibility index (Phi) is 2.68. The van der Waals surface area contributed by atoms with Gasteiger partial charge >= 0.3 is 0 Å². The summed E-state index contributed by atoms with van der Waals surface area (Å²) in [7, 11) is 0. The molecule has 0 saturated carbocycles. The first-order chi connectivity index (χ1) is 9.24. The van der Waals surface area contributed by atoms with Gasteiger partial charge in [0.1, 0.15) is 0 Å². The highest BCUT2D eigenvalue weighted by Crippen LogP contribution is 2.25. The van der Waals surface area contributed by atoms with Crippen LogP contribution in [0.15, 0.2) is 41.2 Å². The zero-order valence-electron chi connectivity index (χ0n) is 10.2. The molecule has 0 radical (unpaired) electrons. The molecule has 0 unspecified atom stereocenters. The van der Waals surface area contributed by atoms with Crippen molar-refractivity contribution in [2.24, 2.45) is 0 Å². The molecule has 94 valence electrons. The maximum atomic E-state index is 5.86. The van der Waals surface area contributed by atoms with Crippen LogP contribution in [0.2, 0.25) is 0 Å². The molecule has 2 N–H and O–H groups in total. The molecular formula is C13H11N5O. The first-order valence-electron chi connectivity index (χ1n) is 5.71. The van der Waals surface area contributed by atoms with E-state index in [9.17, 15) is 0 Å². The van der Waals surface area contributed by atoms with E-state index in [0.29, 0.717) is 28.8 Å². The fourth-order valence-corrected chi connectivity index (χ4v) is 1.62. The highest BCUT2D eigenvalue weighted by Gasteiger charge is 2.14. The van der Waals surface area contributed by atoms with Crippen LogP contribution in [0.3, 0.4) is 0 Å². The Labute approximate surface area is 109 Å². The molecule has 0 atom stereocenters. The molecule has 0 spiro atoms. The van der Waals surface area contributed by atoms with Crippen molar-refractivity contribution in [3.05, 3.63) is 42.2 Å². The van der Waals surface area contributed by atoms with Crippen molar-refractivity contribution in [2.45, 2.75) is 6.92 Å². The summed E-state index contributed by atoms with van der Waals surface area (Å²) in [5.74, 6) is 1.13. The summed E-state index contributed by atoms with van der Waals surface area (Å²) in [4.78, 5) is 12.6. The second-order valence-electron chi connectivity index (χ2n) is 4.09. The minimum Gasteiger partial charge on any atom is -0.398 e. The van der Waals surface area contributed by atoms with Gasteiger partial charge in [0.05, 0.1) is 5.56 Å². The molecule has 2 heterocycles. The average Bonchev–Trinajstić information content (AvgIpc) is 2.89. The molecule has 2 aromatic heterocycles. The molecule has 3 rings (SSSR count). The molecule has 0 fully saturated rings. The maximum Gasteiger partial charge on any atom is 0.260 e. The van der Waals surface area contributed by atoms with Gasteiger partial charge in [-0.3, -0.25) is 0 Å². The molecule has 0 aliphatic carbocycles. The van der Waals surface area contributed by atoms with Gasteiger partial charge in [0.2, 0.25) is 11.6 Å². The van der Waals surface area contributed by atoms with E-state index >= 15 is 0 Å². The lowest BCUT2D eigenvalue weighted by molar-refractivity contribution is 0.432. The van der Waals surface area contributed by atoms with Gasteiger partial charge in [-0.1, -0.05) is 17.3 Å². The largest absolute Gasteiger partial charge is 0.398 e. The lowest BCUT2D eigenvalue weighted by atomic mass is 10.2. The van der Waals surface area contributed by atoms with Crippen molar-refractivity contribution in [1.29, 1.82) is 0 Å². The number of para-hydroxylation sites is 1. The fourth-order valence-electron chi connectivity index (χ4n) is 1.62. The second-order valence-corrected chi connectivity index (χ2v) is 4.09. The molecule has 0 bridgehead atoms. The average molecular weight is 253 g/mol. The fraction of sp³-hybridized carbons (Fsp3) is 0.0769. The maximum absolute atomic E-state index is 5.86. The summed E-state index contributed by atoms with van der Waals surface area (Å²) in [6.45, 7) is 1.91. The third kappa shape index (κ3) is 2.15. The Bertz CT molecular complexity index is 705. The van der Waals surface area contributed by atoms with Crippen molar-refractivity contribution in [2.75, 3.05) is 5.73 Å². The smallest absolute Gasteiger partial charge is 0.260 e. The van der Waals surface area contributed by atoms with E-state index in [-0.39, 0.29) is 0 Å². The molecule has 19 heavy (non-hydrogen) atoms. The quantitative estimate of drug-likeness (QED) is 0.703. The molecule has 3 aromatic rings. The Morgan fingerprint density at radius 3 is 2.53 bits per heavy atom. The molecule has 1 aromatic carbocycles. The third-order valence-electron chi connectivity index (χ3n) is 2.60. The van der Waals surface area contributed by atoms with E-state index in [0.717, 1.165) is 5.56 Å². The number of nitrogens with two attached hydrogens (primary N) is 1. The van der Waals surface area contributed by atoms with Crippen LogP contribution in [0.4, 0.5) is 5.69 Å². The Balaban J connectivity index is 2.00. The molecule has 6 heteroatoms. The van der Waals surface area contributed by atoms with Gasteiger partial charge < -0.3 is 10.3 Å². The lowest BCUT2D eigenvalue weighted by Crippen LogP contribution is -1.92. The van der Waals surface area contributed by atoms with Gasteiger partial charge in [0.15, 0.2) is 0 Å². The van der Waals surface area contributed by atoms with Gasteiger partial charge in [-0.05, 0) is 24.6 Å². The van der Waals surface area contributed by atoms with Gasteiger partial charge in [-0.25, -0.2) is 9.97 Å². The zero-order chi connectivity index (χ0) is 13.2. The lowest BCUT2D eigenvalue weighted by Gasteiger charge is -1.97. The minimum atomic E-state index is 0.346. The van der Waals surface area contributed by atoms with Crippen LogP contribution in [-0.4, -0.2) is 20.1 Å². The van der Waals surface area contributed by atoms with E-state index in [4.69, 9.17) is 10.3 Å². The monoisotopic (exact) mass is 253 g/mol. The number of benzene rings is 1. The summed E-state index contributed by atoms with van der Waals surface area (Å²) < 4.78 is 5.20. The SMILES string of the molecule is Cc1cnc(-c2noc(-c3ccccc3N)n2)nc1. The number of anilines is 1. The van der Waals surface area contributed by atoms with Crippen LogP contribution in [0.5, 0.6) is 0 Å². The normalized spacial score (nSPS) is 10.6. The standard InChI is InChI=1S/C13H11N5O/c1-8-6-15-11(16-7-8)12-17-13(19-18-12)9-4-2-3-5-10(9)14/h2-7H,14H2,1H3. The van der Waals surface area contributed by atoms with E-state index in [1.807, 2.05) is 25.1 Å². The summed E-state index contributed by atoms with van der Waals surface area (Å²) in [6.07, 6.45) is 3.41. The topological polar surface area (TPSA) is 90.7 Å². The second kappa shape index (κ2) is 4.49. The Morgan fingerprint density at radius 1 is 1.05 bits per heavy atom. The van der Waals surface area contributed by atoms with E-state index in [2.05, 4.69) is 20.1 Å². The van der Waals surface area contributed by atoms with Gasteiger partial charge in [-0.15, -0.1) is 0 Å². The molecule has 6 nitrogen and oxygen atoms in total. The van der Waals surface area contributed by atoms with E-state index in [1.165, 1.54) is 0 Å². The summed E-state index contributed by atoms with van der Waals surface area (Å²) in [6, 6.07) is 7.31. The van der Waals surface area contributed by atoms with Crippen LogP contribution in [0, 0.1) is 6.92 Å². The Hall–Kier alpha value is -2.76. The first kappa shape index (κ1) is 11.3. The number of nitrogen functional groups attached to an aromatic ring is 1. The third-order valence-corrected chi connectivity index (χ3v) is 2.60. The molecule has 0 saturated heterocycles. The number of aryl methyl sites for hydroxylation is 1. The van der Waals surface area contributed by atoms with Crippen molar-refractivity contribution in [3.8, 4) is 23.1 Å². The minimum absolute atomic E-state index is 0.346. The van der Waals surface area contributed by atoms with Crippen LogP contribution in [0.25, 0.3) is 23.1 Å². The summed E-state index contributed by atoms with van der Waals surface area (Å²) in [5, 5.41) is 3.87. The van der Waals surface area contributed by atoms with Crippen LogP contribution in [0.1, 0.15) is 5.56 Å². The van der Waals surface area contributed by atoms with E-state index < -0.39 is 0 Å². The van der Waals surface area contributed by atoms with Crippen molar-refractivity contribution < 1.29 is 4.52 Å². The molecule has 0 aliphatic heterocycles. The highest BCUT2D eigenvalue weighted by molar-refractivity contribution is 5.70. The molecule has 0 aliphatic rings. The number of hydrogen-bond donors (Lipinski definition) is 1. The van der Waals surface area contributed by atoms with Gasteiger partial charge in [-0.2, -0.15) is 4.98 Å². The number of aromatic nitrogens is 4. The van der Waals surface area contributed by atoms with Crippen molar-refractivity contribution in [3.63, 3.8) is 0 Å². The van der Waals surface area contributed by atoms with Crippen molar-refractivity contribution >= 4 is 5.69 Å². The van der Waals surface area contributed by atoms with Crippen LogP contribution >= 0.6 is 0 Å². The number of nitrogens with zero attached hydrogens (tertiary/aromatic N) is 4. The number of hydrogen-bond acceptors (Lipinski definition) is 6. The summed E-state index contributed by atoms with van der Waals surface area (Å²) >= 11 is 0. The molecule has 0 amide bonds.